The number of hydrogen-bond acceptors (Lipinski definition) is 2. The van der Waals surface area contributed by atoms with Gasteiger partial charge in [-0.3, -0.25) is 0 Å². The summed E-state index contributed by atoms with van der Waals surface area (Å²) in [5, 5.41) is 3.13. The lowest BCUT2D eigenvalue weighted by molar-refractivity contribution is 0.851. The normalized spacial score (nSPS) is 11.7. The fourth-order valence-corrected chi connectivity index (χ4v) is 0.888. The number of nitrogens with one attached hydrogen (secondary N) is 1. The molecule has 1 aromatic rings. The quantitative estimate of drug-likeness (QED) is 0.683. The maximum Gasteiger partial charge on any atom is 0.126 e. The third-order valence-electron chi connectivity index (χ3n) is 1.60. The first-order valence-corrected chi connectivity index (χ1v) is 4.00. The summed E-state index contributed by atoms with van der Waals surface area (Å²) in [6.45, 7) is 2.04. The molecule has 0 radical (unpaired) electrons. The van der Waals surface area contributed by atoms with Gasteiger partial charge in [-0.2, -0.15) is 0 Å². The molecule has 0 saturated carbocycles. The van der Waals surface area contributed by atoms with E-state index in [-0.39, 0.29) is 6.04 Å². The van der Waals surface area contributed by atoms with E-state index in [4.69, 9.17) is 6.42 Å². The van der Waals surface area contributed by atoms with Crippen molar-refractivity contribution in [3.8, 4) is 12.3 Å². The van der Waals surface area contributed by atoms with Gasteiger partial charge in [0.05, 0.1) is 6.04 Å². The van der Waals surface area contributed by atoms with Crippen LogP contribution in [-0.4, -0.2) is 11.0 Å². The van der Waals surface area contributed by atoms with Crippen molar-refractivity contribution in [3.05, 3.63) is 24.4 Å². The molecular formula is C10H12N2. The summed E-state index contributed by atoms with van der Waals surface area (Å²) in [5.41, 5.74) is 0. The van der Waals surface area contributed by atoms with Gasteiger partial charge < -0.3 is 5.32 Å². The van der Waals surface area contributed by atoms with Crippen molar-refractivity contribution in [3.63, 3.8) is 0 Å². The van der Waals surface area contributed by atoms with Gasteiger partial charge in [-0.15, -0.1) is 6.42 Å². The first-order valence-electron chi connectivity index (χ1n) is 4.00. The summed E-state index contributed by atoms with van der Waals surface area (Å²) in [6, 6.07) is 5.79. The molecule has 0 aliphatic rings. The Kier molecular flexibility index (Phi) is 3.16. The number of terminal acetylenes is 1. The van der Waals surface area contributed by atoms with E-state index in [2.05, 4.69) is 16.2 Å². The molecule has 2 heteroatoms. The van der Waals surface area contributed by atoms with Gasteiger partial charge in [0.15, 0.2) is 0 Å². The molecule has 1 atom stereocenters. The molecule has 0 saturated heterocycles. The highest BCUT2D eigenvalue weighted by atomic mass is 15.0. The zero-order valence-corrected chi connectivity index (χ0v) is 7.12. The van der Waals surface area contributed by atoms with Crippen molar-refractivity contribution >= 4 is 5.82 Å². The Morgan fingerprint density at radius 2 is 2.50 bits per heavy atom. The van der Waals surface area contributed by atoms with E-state index >= 15 is 0 Å². The molecule has 0 spiro atoms. The van der Waals surface area contributed by atoms with Crippen LogP contribution in [0.25, 0.3) is 0 Å². The molecule has 62 valence electrons. The predicted octanol–water partition coefficient (Wildman–Crippen LogP) is 1.91. The molecule has 1 N–H and O–H groups in total. The maximum absolute atomic E-state index is 5.29. The molecule has 0 amide bonds. The van der Waals surface area contributed by atoms with Crippen LogP contribution in [0.5, 0.6) is 0 Å². The summed E-state index contributed by atoms with van der Waals surface area (Å²) in [6.07, 6.45) is 7.94. The van der Waals surface area contributed by atoms with Crippen molar-refractivity contribution in [1.29, 1.82) is 0 Å². The van der Waals surface area contributed by atoms with Crippen LogP contribution in [0.2, 0.25) is 0 Å². The highest BCUT2D eigenvalue weighted by Gasteiger charge is 2.00. The molecule has 0 bridgehead atoms. The second-order valence-corrected chi connectivity index (χ2v) is 2.49. The molecule has 0 aliphatic heterocycles. The SMILES string of the molecule is C#CC(CC)Nc1ccccn1. The van der Waals surface area contributed by atoms with Gasteiger partial charge in [0, 0.05) is 6.20 Å². The molecule has 1 rings (SSSR count). The number of aromatic nitrogens is 1. The summed E-state index contributed by atoms with van der Waals surface area (Å²) >= 11 is 0. The summed E-state index contributed by atoms with van der Waals surface area (Å²) in [4.78, 5) is 4.11. The highest BCUT2D eigenvalue weighted by Crippen LogP contribution is 2.03. The Balaban J connectivity index is 2.58. The molecular weight excluding hydrogens is 148 g/mol. The second kappa shape index (κ2) is 4.40. The molecule has 1 aromatic heterocycles. The van der Waals surface area contributed by atoms with Gasteiger partial charge in [0.1, 0.15) is 5.82 Å². The van der Waals surface area contributed by atoms with Crippen LogP contribution in [0.1, 0.15) is 13.3 Å². The van der Waals surface area contributed by atoms with Crippen molar-refractivity contribution < 1.29 is 0 Å². The third-order valence-corrected chi connectivity index (χ3v) is 1.60. The average molecular weight is 160 g/mol. The standard InChI is InChI=1S/C10H12N2/c1-3-9(4-2)12-10-7-5-6-8-11-10/h1,5-9H,4H2,2H3,(H,11,12). The fraction of sp³-hybridized carbons (Fsp3) is 0.300. The van der Waals surface area contributed by atoms with Crippen LogP contribution in [-0.2, 0) is 0 Å². The van der Waals surface area contributed by atoms with E-state index in [0.717, 1.165) is 12.2 Å². The van der Waals surface area contributed by atoms with Gasteiger partial charge in [0.2, 0.25) is 0 Å². The van der Waals surface area contributed by atoms with Crippen molar-refractivity contribution in [1.82, 2.24) is 4.98 Å². The molecule has 2 nitrogen and oxygen atoms in total. The fourth-order valence-electron chi connectivity index (χ4n) is 0.888. The smallest absolute Gasteiger partial charge is 0.126 e. The molecule has 12 heavy (non-hydrogen) atoms. The zero-order chi connectivity index (χ0) is 8.81. The monoisotopic (exact) mass is 160 g/mol. The van der Waals surface area contributed by atoms with Gasteiger partial charge in [-0.1, -0.05) is 18.9 Å². The lowest BCUT2D eigenvalue weighted by atomic mass is 10.2. The van der Waals surface area contributed by atoms with Crippen LogP contribution in [0.15, 0.2) is 24.4 Å². The Morgan fingerprint density at radius 3 is 3.00 bits per heavy atom. The van der Waals surface area contributed by atoms with E-state index in [9.17, 15) is 0 Å². The van der Waals surface area contributed by atoms with Crippen LogP contribution in [0.4, 0.5) is 5.82 Å². The van der Waals surface area contributed by atoms with Gasteiger partial charge in [-0.05, 0) is 18.6 Å². The lowest BCUT2D eigenvalue weighted by Crippen LogP contribution is -2.16. The average Bonchev–Trinajstić information content (AvgIpc) is 2.16. The highest BCUT2D eigenvalue weighted by molar-refractivity contribution is 5.36. The first-order chi connectivity index (χ1) is 5.86. The van der Waals surface area contributed by atoms with Crippen LogP contribution in [0, 0.1) is 12.3 Å². The molecule has 0 aromatic carbocycles. The van der Waals surface area contributed by atoms with Crippen molar-refractivity contribution in [2.24, 2.45) is 0 Å². The minimum atomic E-state index is 0.0832. The number of hydrogen-bond donors (Lipinski definition) is 1. The number of pyridine rings is 1. The van der Waals surface area contributed by atoms with E-state index < -0.39 is 0 Å². The Bertz CT molecular complexity index is 261. The summed E-state index contributed by atoms with van der Waals surface area (Å²) in [5.74, 6) is 3.48. The number of rotatable bonds is 3. The molecule has 0 aliphatic carbocycles. The topological polar surface area (TPSA) is 24.9 Å². The van der Waals surface area contributed by atoms with Crippen molar-refractivity contribution in [2.45, 2.75) is 19.4 Å². The van der Waals surface area contributed by atoms with E-state index in [0.29, 0.717) is 0 Å². The largest absolute Gasteiger partial charge is 0.356 e. The number of anilines is 1. The molecule has 0 fully saturated rings. The van der Waals surface area contributed by atoms with Crippen LogP contribution >= 0.6 is 0 Å². The maximum atomic E-state index is 5.29. The molecule has 1 heterocycles. The minimum absolute atomic E-state index is 0.0832. The van der Waals surface area contributed by atoms with E-state index in [1.807, 2.05) is 25.1 Å². The van der Waals surface area contributed by atoms with Crippen LogP contribution < -0.4 is 5.32 Å². The Labute approximate surface area is 73.0 Å². The van der Waals surface area contributed by atoms with Gasteiger partial charge in [-0.25, -0.2) is 4.98 Å². The first kappa shape index (κ1) is 8.61. The second-order valence-electron chi connectivity index (χ2n) is 2.49. The lowest BCUT2D eigenvalue weighted by Gasteiger charge is -2.10. The molecule has 1 unspecified atom stereocenters. The van der Waals surface area contributed by atoms with Gasteiger partial charge in [0.25, 0.3) is 0 Å². The minimum Gasteiger partial charge on any atom is -0.356 e. The zero-order valence-electron chi connectivity index (χ0n) is 7.12. The Hall–Kier alpha value is -1.49. The van der Waals surface area contributed by atoms with E-state index in [1.54, 1.807) is 6.20 Å². The van der Waals surface area contributed by atoms with Gasteiger partial charge >= 0.3 is 0 Å². The summed E-state index contributed by atoms with van der Waals surface area (Å²) < 4.78 is 0. The summed E-state index contributed by atoms with van der Waals surface area (Å²) in [7, 11) is 0. The predicted molar refractivity (Wildman–Crippen MR) is 50.8 cm³/mol. The Morgan fingerprint density at radius 1 is 1.67 bits per heavy atom. The van der Waals surface area contributed by atoms with Crippen LogP contribution in [0.3, 0.4) is 0 Å². The van der Waals surface area contributed by atoms with E-state index in [1.165, 1.54) is 0 Å². The number of nitrogens with zero attached hydrogens (tertiary/aromatic N) is 1. The third kappa shape index (κ3) is 2.28. The van der Waals surface area contributed by atoms with Crippen molar-refractivity contribution in [2.75, 3.05) is 5.32 Å².